The summed E-state index contributed by atoms with van der Waals surface area (Å²) in [5.41, 5.74) is 6.67. The summed E-state index contributed by atoms with van der Waals surface area (Å²) in [6.45, 7) is 0. The van der Waals surface area contributed by atoms with Crippen LogP contribution in [0.1, 0.15) is 15.9 Å². The molecule has 2 N–H and O–H groups in total. The number of pyridine rings is 1. The van der Waals surface area contributed by atoms with Crippen molar-refractivity contribution in [3.63, 3.8) is 0 Å². The van der Waals surface area contributed by atoms with Gasteiger partial charge in [-0.1, -0.05) is 24.3 Å². The van der Waals surface area contributed by atoms with Crippen LogP contribution in [-0.2, 0) is 0 Å². The SMILES string of the molecule is Nc1c(F)cccc1C(=O)c1cccc2cccnc12. The Morgan fingerprint density at radius 2 is 1.70 bits per heavy atom. The number of halogens is 1. The molecule has 3 rings (SSSR count). The lowest BCUT2D eigenvalue weighted by atomic mass is 9.99. The number of benzene rings is 2. The van der Waals surface area contributed by atoms with Crippen molar-refractivity contribution in [3.8, 4) is 0 Å². The summed E-state index contributed by atoms with van der Waals surface area (Å²) < 4.78 is 13.5. The Kier molecular flexibility index (Phi) is 2.91. The van der Waals surface area contributed by atoms with E-state index in [0.717, 1.165) is 5.39 Å². The maximum Gasteiger partial charge on any atom is 0.197 e. The van der Waals surface area contributed by atoms with Crippen LogP contribution in [0.3, 0.4) is 0 Å². The molecule has 0 amide bonds. The number of aromatic nitrogens is 1. The van der Waals surface area contributed by atoms with Crippen LogP contribution in [-0.4, -0.2) is 10.8 Å². The smallest absolute Gasteiger partial charge is 0.197 e. The van der Waals surface area contributed by atoms with Gasteiger partial charge in [-0.3, -0.25) is 9.78 Å². The average Bonchev–Trinajstić information content (AvgIpc) is 2.49. The quantitative estimate of drug-likeness (QED) is 0.572. The van der Waals surface area contributed by atoms with Gasteiger partial charge in [0.1, 0.15) is 5.82 Å². The van der Waals surface area contributed by atoms with Crippen LogP contribution in [0.5, 0.6) is 0 Å². The Morgan fingerprint density at radius 3 is 2.55 bits per heavy atom. The highest BCUT2D eigenvalue weighted by Gasteiger charge is 2.17. The van der Waals surface area contributed by atoms with Gasteiger partial charge >= 0.3 is 0 Å². The first-order valence-electron chi connectivity index (χ1n) is 6.11. The highest BCUT2D eigenvalue weighted by molar-refractivity contribution is 6.17. The molecule has 20 heavy (non-hydrogen) atoms. The summed E-state index contributed by atoms with van der Waals surface area (Å²) in [4.78, 5) is 16.8. The fraction of sp³-hybridized carbons (Fsp3) is 0. The van der Waals surface area contributed by atoms with Crippen LogP contribution in [0.4, 0.5) is 10.1 Å². The van der Waals surface area contributed by atoms with Crippen molar-refractivity contribution in [3.05, 3.63) is 71.7 Å². The molecule has 0 spiro atoms. The number of rotatable bonds is 2. The molecule has 0 atom stereocenters. The molecular formula is C16H11FN2O. The number of nitrogens with two attached hydrogens (primary N) is 1. The molecule has 0 fully saturated rings. The predicted molar refractivity (Wildman–Crippen MR) is 76.0 cm³/mol. The maximum atomic E-state index is 13.5. The first-order valence-corrected chi connectivity index (χ1v) is 6.11. The Bertz CT molecular complexity index is 809. The van der Waals surface area contributed by atoms with Crippen molar-refractivity contribution in [1.29, 1.82) is 0 Å². The van der Waals surface area contributed by atoms with Crippen LogP contribution < -0.4 is 5.73 Å². The number of para-hydroxylation sites is 2. The van der Waals surface area contributed by atoms with Crippen LogP contribution in [0, 0.1) is 5.82 Å². The molecule has 1 heterocycles. The minimum absolute atomic E-state index is 0.134. The van der Waals surface area contributed by atoms with E-state index in [9.17, 15) is 9.18 Å². The van der Waals surface area contributed by atoms with E-state index in [-0.39, 0.29) is 17.0 Å². The Balaban J connectivity index is 2.21. The summed E-state index contributed by atoms with van der Waals surface area (Å²) >= 11 is 0. The number of carbonyl (C=O) groups excluding carboxylic acids is 1. The lowest BCUT2D eigenvalue weighted by molar-refractivity contribution is 0.104. The monoisotopic (exact) mass is 266 g/mol. The van der Waals surface area contributed by atoms with E-state index in [2.05, 4.69) is 4.98 Å². The third-order valence-electron chi connectivity index (χ3n) is 3.17. The number of hydrogen-bond donors (Lipinski definition) is 1. The average molecular weight is 266 g/mol. The summed E-state index contributed by atoms with van der Waals surface area (Å²) in [5.74, 6) is -0.921. The van der Waals surface area contributed by atoms with Gasteiger partial charge in [0.2, 0.25) is 0 Å². The van der Waals surface area contributed by atoms with Gasteiger partial charge in [-0.05, 0) is 24.3 Å². The van der Waals surface area contributed by atoms with Crippen molar-refractivity contribution < 1.29 is 9.18 Å². The molecule has 0 aliphatic carbocycles. The van der Waals surface area contributed by atoms with Gasteiger partial charge < -0.3 is 5.73 Å². The molecule has 0 bridgehead atoms. The molecule has 0 aliphatic rings. The zero-order chi connectivity index (χ0) is 14.1. The van der Waals surface area contributed by atoms with E-state index in [4.69, 9.17) is 5.73 Å². The van der Waals surface area contributed by atoms with Crippen LogP contribution >= 0.6 is 0 Å². The summed E-state index contributed by atoms with van der Waals surface area (Å²) in [7, 11) is 0. The number of nitrogen functional groups attached to an aromatic ring is 1. The van der Waals surface area contributed by atoms with Crippen molar-refractivity contribution in [2.75, 3.05) is 5.73 Å². The highest BCUT2D eigenvalue weighted by Crippen LogP contribution is 2.23. The van der Waals surface area contributed by atoms with Crippen molar-refractivity contribution in [2.24, 2.45) is 0 Å². The molecule has 0 unspecified atom stereocenters. The molecule has 3 aromatic rings. The maximum absolute atomic E-state index is 13.5. The van der Waals surface area contributed by atoms with Crippen molar-refractivity contribution >= 4 is 22.4 Å². The molecule has 0 saturated carbocycles. The zero-order valence-corrected chi connectivity index (χ0v) is 10.5. The molecule has 2 aromatic carbocycles. The van der Waals surface area contributed by atoms with E-state index in [1.54, 1.807) is 24.4 Å². The second-order valence-corrected chi connectivity index (χ2v) is 4.41. The van der Waals surface area contributed by atoms with Crippen LogP contribution in [0.15, 0.2) is 54.7 Å². The summed E-state index contributed by atoms with van der Waals surface area (Å²) in [5, 5.41) is 0.855. The fourth-order valence-electron chi connectivity index (χ4n) is 2.17. The van der Waals surface area contributed by atoms with Crippen LogP contribution in [0.2, 0.25) is 0 Å². The Labute approximate surface area is 114 Å². The first-order chi connectivity index (χ1) is 9.68. The molecule has 1 aromatic heterocycles. The Morgan fingerprint density at radius 1 is 1.00 bits per heavy atom. The fourth-order valence-corrected chi connectivity index (χ4v) is 2.17. The minimum atomic E-state index is -0.593. The molecule has 3 nitrogen and oxygen atoms in total. The topological polar surface area (TPSA) is 56.0 Å². The van der Waals surface area contributed by atoms with Gasteiger partial charge in [-0.25, -0.2) is 4.39 Å². The van der Waals surface area contributed by atoms with Gasteiger partial charge in [0.05, 0.1) is 11.2 Å². The lowest BCUT2D eigenvalue weighted by Gasteiger charge is -2.07. The van der Waals surface area contributed by atoms with E-state index in [0.29, 0.717) is 11.1 Å². The second kappa shape index (κ2) is 4.74. The van der Waals surface area contributed by atoms with Crippen molar-refractivity contribution in [2.45, 2.75) is 0 Å². The van der Waals surface area contributed by atoms with E-state index >= 15 is 0 Å². The third-order valence-corrected chi connectivity index (χ3v) is 3.17. The van der Waals surface area contributed by atoms with E-state index in [1.807, 2.05) is 12.1 Å². The number of nitrogens with zero attached hydrogens (tertiary/aromatic N) is 1. The van der Waals surface area contributed by atoms with E-state index in [1.165, 1.54) is 18.2 Å². The highest BCUT2D eigenvalue weighted by atomic mass is 19.1. The predicted octanol–water partition coefficient (Wildman–Crippen LogP) is 3.19. The van der Waals surface area contributed by atoms with E-state index < -0.39 is 5.82 Å². The van der Waals surface area contributed by atoms with Crippen LogP contribution in [0.25, 0.3) is 10.9 Å². The number of anilines is 1. The standard InChI is InChI=1S/C16H11FN2O/c17-13-8-2-6-11(14(13)18)16(20)12-7-1-4-10-5-3-9-19-15(10)12/h1-9H,18H2. The molecular weight excluding hydrogens is 255 g/mol. The second-order valence-electron chi connectivity index (χ2n) is 4.41. The molecule has 0 saturated heterocycles. The molecule has 0 radical (unpaired) electrons. The van der Waals surface area contributed by atoms with Gasteiger partial charge in [-0.15, -0.1) is 0 Å². The van der Waals surface area contributed by atoms with Gasteiger partial charge in [0, 0.05) is 22.7 Å². The number of fused-ring (bicyclic) bond motifs is 1. The molecule has 98 valence electrons. The van der Waals surface area contributed by atoms with Gasteiger partial charge in [0.15, 0.2) is 5.78 Å². The third kappa shape index (κ3) is 1.91. The largest absolute Gasteiger partial charge is 0.396 e. The van der Waals surface area contributed by atoms with Gasteiger partial charge in [0.25, 0.3) is 0 Å². The summed E-state index contributed by atoms with van der Waals surface area (Å²) in [6, 6.07) is 13.2. The Hall–Kier alpha value is -2.75. The summed E-state index contributed by atoms with van der Waals surface area (Å²) in [6.07, 6.45) is 1.62. The normalized spacial score (nSPS) is 10.7. The number of carbonyl (C=O) groups is 1. The van der Waals surface area contributed by atoms with Crippen molar-refractivity contribution in [1.82, 2.24) is 4.98 Å². The van der Waals surface area contributed by atoms with Gasteiger partial charge in [-0.2, -0.15) is 0 Å². The number of ketones is 1. The lowest BCUT2D eigenvalue weighted by Crippen LogP contribution is -2.08. The zero-order valence-electron chi connectivity index (χ0n) is 10.5. The minimum Gasteiger partial charge on any atom is -0.396 e. The molecule has 4 heteroatoms. The first kappa shape index (κ1) is 12.3. The molecule has 0 aliphatic heterocycles. The number of hydrogen-bond acceptors (Lipinski definition) is 3.